The standard InChI is InChI=1S/C25H18Cl3N3O3/c1-13-3-4-14(2)19(11-13)30-23(32)15-5-8-17(9-6-15)29-22-21(28)24(33)31(25(22)34)20-10-7-16(26)12-18(20)27/h3-12,29H,1-2H3,(H,30,32). The molecule has 172 valence electrons. The third-order valence-electron chi connectivity index (χ3n) is 5.24. The highest BCUT2D eigenvalue weighted by Gasteiger charge is 2.39. The van der Waals surface area contributed by atoms with Crippen LogP contribution >= 0.6 is 34.8 Å². The number of halogens is 3. The molecule has 0 radical (unpaired) electrons. The lowest BCUT2D eigenvalue weighted by Gasteiger charge is -2.16. The van der Waals surface area contributed by atoms with Crippen LogP contribution in [0.15, 0.2) is 71.4 Å². The molecule has 0 spiro atoms. The SMILES string of the molecule is Cc1ccc(C)c(NC(=O)c2ccc(NC3=C(Cl)C(=O)N(c4ccc(Cl)cc4Cl)C3=O)cc2)c1. The summed E-state index contributed by atoms with van der Waals surface area (Å²) in [6.07, 6.45) is 0. The monoisotopic (exact) mass is 513 g/mol. The van der Waals surface area contributed by atoms with E-state index in [0.29, 0.717) is 16.3 Å². The highest BCUT2D eigenvalue weighted by atomic mass is 35.5. The number of anilines is 3. The topological polar surface area (TPSA) is 78.5 Å². The summed E-state index contributed by atoms with van der Waals surface area (Å²) in [4.78, 5) is 39.1. The lowest BCUT2D eigenvalue weighted by Crippen LogP contribution is -2.32. The average molecular weight is 515 g/mol. The summed E-state index contributed by atoms with van der Waals surface area (Å²) in [5.41, 5.74) is 3.71. The average Bonchev–Trinajstić information content (AvgIpc) is 3.00. The van der Waals surface area contributed by atoms with Crippen molar-refractivity contribution in [3.63, 3.8) is 0 Å². The van der Waals surface area contributed by atoms with Gasteiger partial charge in [-0.05, 0) is 73.5 Å². The Morgan fingerprint density at radius 3 is 2.24 bits per heavy atom. The van der Waals surface area contributed by atoms with Crippen molar-refractivity contribution in [2.24, 2.45) is 0 Å². The number of carbonyl (C=O) groups excluding carboxylic acids is 3. The maximum Gasteiger partial charge on any atom is 0.283 e. The number of aryl methyl sites for hydroxylation is 2. The lowest BCUT2D eigenvalue weighted by atomic mass is 10.1. The van der Waals surface area contributed by atoms with Gasteiger partial charge in [0, 0.05) is 22.0 Å². The highest BCUT2D eigenvalue weighted by molar-refractivity contribution is 6.54. The van der Waals surface area contributed by atoms with Crippen molar-refractivity contribution in [2.75, 3.05) is 15.5 Å². The molecule has 6 nitrogen and oxygen atoms in total. The van der Waals surface area contributed by atoms with E-state index in [1.165, 1.54) is 18.2 Å². The van der Waals surface area contributed by atoms with Crippen molar-refractivity contribution in [1.29, 1.82) is 0 Å². The molecule has 1 aliphatic heterocycles. The third-order valence-corrected chi connectivity index (χ3v) is 6.12. The van der Waals surface area contributed by atoms with Gasteiger partial charge in [-0.1, -0.05) is 46.9 Å². The molecule has 0 aromatic heterocycles. The zero-order chi connectivity index (χ0) is 24.6. The van der Waals surface area contributed by atoms with Crippen molar-refractivity contribution in [1.82, 2.24) is 0 Å². The van der Waals surface area contributed by atoms with Crippen LogP contribution in [0, 0.1) is 13.8 Å². The second-order valence-corrected chi connectivity index (χ2v) is 8.93. The number of carbonyl (C=O) groups is 3. The van der Waals surface area contributed by atoms with Gasteiger partial charge in [0.15, 0.2) is 0 Å². The van der Waals surface area contributed by atoms with Crippen LogP contribution < -0.4 is 15.5 Å². The summed E-state index contributed by atoms with van der Waals surface area (Å²) in [5.74, 6) is -1.63. The fraction of sp³-hybridized carbons (Fsp3) is 0.0800. The van der Waals surface area contributed by atoms with E-state index >= 15 is 0 Å². The molecule has 9 heteroatoms. The first-order valence-corrected chi connectivity index (χ1v) is 11.3. The first-order chi connectivity index (χ1) is 16.2. The molecule has 0 unspecified atom stereocenters. The summed E-state index contributed by atoms with van der Waals surface area (Å²) >= 11 is 18.2. The number of hydrogen-bond acceptors (Lipinski definition) is 4. The van der Waals surface area contributed by atoms with Crippen LogP contribution in [-0.4, -0.2) is 17.7 Å². The summed E-state index contributed by atoms with van der Waals surface area (Å²) < 4.78 is 0. The molecule has 3 aromatic rings. The summed E-state index contributed by atoms with van der Waals surface area (Å²) in [5, 5.41) is 6.00. The smallest absolute Gasteiger partial charge is 0.283 e. The molecule has 1 aliphatic rings. The predicted octanol–water partition coefficient (Wildman–Crippen LogP) is 6.30. The Balaban J connectivity index is 1.50. The van der Waals surface area contributed by atoms with Crippen LogP contribution in [0.5, 0.6) is 0 Å². The number of rotatable bonds is 5. The van der Waals surface area contributed by atoms with Gasteiger partial charge in [0.25, 0.3) is 17.7 Å². The molecule has 0 aliphatic carbocycles. The minimum Gasteiger partial charge on any atom is -0.350 e. The Morgan fingerprint density at radius 1 is 0.853 bits per heavy atom. The van der Waals surface area contributed by atoms with Crippen molar-refractivity contribution < 1.29 is 14.4 Å². The van der Waals surface area contributed by atoms with Crippen LogP contribution in [0.25, 0.3) is 0 Å². The Kier molecular flexibility index (Phi) is 6.66. The second kappa shape index (κ2) is 9.50. The fourth-order valence-corrected chi connectivity index (χ4v) is 4.11. The molecule has 0 atom stereocenters. The molecule has 3 amide bonds. The first kappa shape index (κ1) is 23.8. The molecule has 0 saturated carbocycles. The van der Waals surface area contributed by atoms with Gasteiger partial charge in [-0.2, -0.15) is 0 Å². The maximum atomic E-state index is 13.0. The Labute approximate surface area is 211 Å². The first-order valence-electron chi connectivity index (χ1n) is 10.1. The van der Waals surface area contributed by atoms with E-state index in [1.807, 2.05) is 32.0 Å². The van der Waals surface area contributed by atoms with Crippen LogP contribution in [0.1, 0.15) is 21.5 Å². The molecule has 0 fully saturated rings. The van der Waals surface area contributed by atoms with Crippen LogP contribution in [0.3, 0.4) is 0 Å². The highest BCUT2D eigenvalue weighted by Crippen LogP contribution is 2.35. The van der Waals surface area contributed by atoms with Crippen LogP contribution in [-0.2, 0) is 9.59 Å². The van der Waals surface area contributed by atoms with Gasteiger partial charge in [-0.25, -0.2) is 4.90 Å². The van der Waals surface area contributed by atoms with E-state index in [2.05, 4.69) is 10.6 Å². The van der Waals surface area contributed by atoms with Gasteiger partial charge in [0.05, 0.1) is 10.7 Å². The van der Waals surface area contributed by atoms with E-state index in [9.17, 15) is 14.4 Å². The quantitative estimate of drug-likeness (QED) is 0.392. The van der Waals surface area contributed by atoms with Crippen molar-refractivity contribution in [3.8, 4) is 0 Å². The fourth-order valence-electron chi connectivity index (χ4n) is 3.41. The largest absolute Gasteiger partial charge is 0.350 e. The molecule has 3 aromatic carbocycles. The van der Waals surface area contributed by atoms with Gasteiger partial charge in [-0.15, -0.1) is 0 Å². The molecular formula is C25H18Cl3N3O3. The van der Waals surface area contributed by atoms with Gasteiger partial charge in [-0.3, -0.25) is 14.4 Å². The summed E-state index contributed by atoms with van der Waals surface area (Å²) in [7, 11) is 0. The molecule has 4 rings (SSSR count). The summed E-state index contributed by atoms with van der Waals surface area (Å²) in [6.45, 7) is 3.87. The molecular weight excluding hydrogens is 497 g/mol. The number of hydrogen-bond donors (Lipinski definition) is 2. The molecule has 2 N–H and O–H groups in total. The molecule has 0 bridgehead atoms. The molecule has 1 heterocycles. The zero-order valence-corrected chi connectivity index (χ0v) is 20.3. The number of nitrogens with zero attached hydrogens (tertiary/aromatic N) is 1. The van der Waals surface area contributed by atoms with Gasteiger partial charge >= 0.3 is 0 Å². The third kappa shape index (κ3) is 4.66. The molecule has 34 heavy (non-hydrogen) atoms. The van der Waals surface area contributed by atoms with E-state index in [1.54, 1.807) is 24.3 Å². The van der Waals surface area contributed by atoms with Crippen molar-refractivity contribution >= 4 is 69.6 Å². The Hall–Kier alpha value is -3.32. The van der Waals surface area contributed by atoms with E-state index in [-0.39, 0.29) is 27.3 Å². The minimum absolute atomic E-state index is 0.0923. The van der Waals surface area contributed by atoms with Gasteiger partial charge < -0.3 is 10.6 Å². The summed E-state index contributed by atoms with van der Waals surface area (Å²) in [6, 6.07) is 16.7. The van der Waals surface area contributed by atoms with E-state index in [0.717, 1.165) is 21.7 Å². The minimum atomic E-state index is -0.706. The van der Waals surface area contributed by atoms with E-state index < -0.39 is 11.8 Å². The Bertz CT molecular complexity index is 1370. The predicted molar refractivity (Wildman–Crippen MR) is 136 cm³/mol. The number of amides is 3. The number of benzene rings is 3. The van der Waals surface area contributed by atoms with E-state index in [4.69, 9.17) is 34.8 Å². The van der Waals surface area contributed by atoms with Gasteiger partial charge in [0.2, 0.25) is 0 Å². The lowest BCUT2D eigenvalue weighted by molar-refractivity contribution is -0.120. The Morgan fingerprint density at radius 2 is 1.56 bits per heavy atom. The van der Waals surface area contributed by atoms with Crippen LogP contribution in [0.2, 0.25) is 10.0 Å². The van der Waals surface area contributed by atoms with Crippen LogP contribution in [0.4, 0.5) is 17.1 Å². The zero-order valence-electron chi connectivity index (χ0n) is 18.1. The second-order valence-electron chi connectivity index (χ2n) is 7.71. The van der Waals surface area contributed by atoms with Crippen molar-refractivity contribution in [2.45, 2.75) is 13.8 Å². The van der Waals surface area contributed by atoms with Crippen molar-refractivity contribution in [3.05, 3.63) is 98.1 Å². The normalized spacial score (nSPS) is 13.5. The maximum absolute atomic E-state index is 13.0. The molecule has 0 saturated heterocycles. The van der Waals surface area contributed by atoms with Gasteiger partial charge in [0.1, 0.15) is 10.7 Å². The number of nitrogens with one attached hydrogen (secondary N) is 2. The number of imide groups is 1.